The lowest BCUT2D eigenvalue weighted by atomic mass is 9.97. The van der Waals surface area contributed by atoms with E-state index >= 15 is 4.39 Å². The molecule has 1 N–H and O–H groups in total. The van der Waals surface area contributed by atoms with Gasteiger partial charge in [-0.05, 0) is 43.2 Å². The smallest absolute Gasteiger partial charge is 0.266 e. The van der Waals surface area contributed by atoms with Crippen LogP contribution in [0.15, 0.2) is 53.0 Å². The molecule has 5 rings (SSSR count). The second kappa shape index (κ2) is 10.1. The van der Waals surface area contributed by atoms with E-state index in [1.54, 1.807) is 24.6 Å². The maximum atomic E-state index is 15.1. The molecule has 4 heterocycles. The largest absolute Gasteiger partial charge is 0.486 e. The Morgan fingerprint density at radius 1 is 1.22 bits per heavy atom. The summed E-state index contributed by atoms with van der Waals surface area (Å²) in [6.07, 6.45) is 2.77. The van der Waals surface area contributed by atoms with Crippen molar-refractivity contribution in [2.75, 3.05) is 0 Å². The predicted octanol–water partition coefficient (Wildman–Crippen LogP) is 5.89. The highest BCUT2D eigenvalue weighted by atomic mass is 35.5. The summed E-state index contributed by atoms with van der Waals surface area (Å²) in [7, 11) is 0. The Kier molecular flexibility index (Phi) is 6.70. The van der Waals surface area contributed by atoms with Crippen molar-refractivity contribution < 1.29 is 9.13 Å². The molecule has 4 aromatic heterocycles. The minimum atomic E-state index is -0.539. The molecule has 7 nitrogen and oxygen atoms in total. The van der Waals surface area contributed by atoms with Crippen LogP contribution in [0, 0.1) is 31.0 Å². The van der Waals surface area contributed by atoms with Crippen molar-refractivity contribution in [3.8, 4) is 23.1 Å². The lowest BCUT2D eigenvalue weighted by Gasteiger charge is -2.16. The van der Waals surface area contributed by atoms with Gasteiger partial charge in [0.2, 0.25) is 0 Å². The number of aromatic nitrogens is 4. The number of nitrogens with one attached hydrogen (secondary N) is 1. The van der Waals surface area contributed by atoms with E-state index in [4.69, 9.17) is 16.3 Å². The van der Waals surface area contributed by atoms with Crippen molar-refractivity contribution in [3.63, 3.8) is 0 Å². The van der Waals surface area contributed by atoms with E-state index in [-0.39, 0.29) is 18.6 Å². The van der Waals surface area contributed by atoms with Crippen molar-refractivity contribution in [1.82, 2.24) is 19.9 Å². The van der Waals surface area contributed by atoms with Gasteiger partial charge in [-0.25, -0.2) is 14.4 Å². The van der Waals surface area contributed by atoms with Crippen LogP contribution in [0.25, 0.3) is 22.2 Å². The Bertz CT molecular complexity index is 1760. The number of nitrogens with zero attached hydrogens (tertiary/aromatic N) is 4. The van der Waals surface area contributed by atoms with E-state index in [9.17, 15) is 10.1 Å². The van der Waals surface area contributed by atoms with Gasteiger partial charge in [0.15, 0.2) is 0 Å². The molecular weight excluding hydrogens is 513 g/mol. The molecule has 37 heavy (non-hydrogen) atoms. The fourth-order valence-corrected chi connectivity index (χ4v) is 5.06. The molecule has 0 radical (unpaired) electrons. The van der Waals surface area contributed by atoms with Crippen LogP contribution in [0.2, 0.25) is 4.34 Å². The van der Waals surface area contributed by atoms with Crippen LogP contribution in [-0.2, 0) is 13.0 Å². The first-order chi connectivity index (χ1) is 17.9. The van der Waals surface area contributed by atoms with Crippen LogP contribution in [0.1, 0.15) is 33.6 Å². The third-order valence-electron chi connectivity index (χ3n) is 6.07. The van der Waals surface area contributed by atoms with Gasteiger partial charge in [-0.15, -0.1) is 11.3 Å². The first-order valence-electron chi connectivity index (χ1n) is 11.2. The van der Waals surface area contributed by atoms with Gasteiger partial charge in [0.1, 0.15) is 45.4 Å². The third-order valence-corrected chi connectivity index (χ3v) is 7.13. The Labute approximate surface area is 220 Å². The standard InChI is InChI=1S/C27H19ClFN5O2S/c1-14-8-19(25-26(28)37-13-33-25)17-4-3-5-23(24(17)34-14)36-12-21-18(15(2)32-11-22(21)29)9-16-6-7-31-27(35)20(16)10-30/h3-8,11,13H,9,12H2,1-2H3,(H,31,35). The first-order valence-corrected chi connectivity index (χ1v) is 12.5. The van der Waals surface area contributed by atoms with Gasteiger partial charge in [0.25, 0.3) is 5.56 Å². The maximum Gasteiger partial charge on any atom is 0.266 e. The van der Waals surface area contributed by atoms with Crippen molar-refractivity contribution in [3.05, 3.63) is 102 Å². The molecule has 0 saturated heterocycles. The molecule has 5 aromatic rings. The van der Waals surface area contributed by atoms with E-state index in [1.165, 1.54) is 17.5 Å². The van der Waals surface area contributed by atoms with Crippen LogP contribution in [0.3, 0.4) is 0 Å². The van der Waals surface area contributed by atoms with E-state index in [0.717, 1.165) is 22.8 Å². The summed E-state index contributed by atoms with van der Waals surface area (Å²) in [4.78, 5) is 27.8. The van der Waals surface area contributed by atoms with Gasteiger partial charge < -0.3 is 9.72 Å². The van der Waals surface area contributed by atoms with Gasteiger partial charge in [0.05, 0.1) is 11.7 Å². The lowest BCUT2D eigenvalue weighted by molar-refractivity contribution is 0.301. The molecule has 1 aromatic carbocycles. The van der Waals surface area contributed by atoms with Crippen molar-refractivity contribution in [1.29, 1.82) is 5.26 Å². The average molecular weight is 532 g/mol. The van der Waals surface area contributed by atoms with Crippen molar-refractivity contribution in [2.24, 2.45) is 0 Å². The van der Waals surface area contributed by atoms with Crippen LogP contribution in [0.4, 0.5) is 4.39 Å². The molecular formula is C27H19ClFN5O2S. The number of aromatic amines is 1. The van der Waals surface area contributed by atoms with E-state index < -0.39 is 11.4 Å². The van der Waals surface area contributed by atoms with E-state index in [2.05, 4.69) is 19.9 Å². The number of pyridine rings is 3. The molecule has 0 atom stereocenters. The van der Waals surface area contributed by atoms with Crippen LogP contribution < -0.4 is 10.3 Å². The summed E-state index contributed by atoms with van der Waals surface area (Å²) in [5, 5.41) is 10.3. The zero-order chi connectivity index (χ0) is 26.1. The lowest BCUT2D eigenvalue weighted by Crippen LogP contribution is -2.14. The fraction of sp³-hybridized carbons (Fsp3) is 0.148. The number of thiazole rings is 1. The molecule has 0 unspecified atom stereocenters. The second-order valence-corrected chi connectivity index (χ2v) is 9.83. The molecule has 0 saturated carbocycles. The van der Waals surface area contributed by atoms with Gasteiger partial charge >= 0.3 is 0 Å². The molecule has 184 valence electrons. The number of para-hydroxylation sites is 1. The predicted molar refractivity (Wildman–Crippen MR) is 140 cm³/mol. The summed E-state index contributed by atoms with van der Waals surface area (Å²) < 4.78 is 21.8. The number of hydrogen-bond donors (Lipinski definition) is 1. The van der Waals surface area contributed by atoms with Gasteiger partial charge in [0, 0.05) is 40.5 Å². The number of nitriles is 1. The molecule has 0 aliphatic heterocycles. The van der Waals surface area contributed by atoms with Gasteiger partial charge in [-0.3, -0.25) is 9.78 Å². The summed E-state index contributed by atoms with van der Waals surface area (Å²) in [5.41, 5.74) is 5.97. The molecule has 0 aliphatic carbocycles. The highest BCUT2D eigenvalue weighted by Gasteiger charge is 2.19. The second-order valence-electron chi connectivity index (χ2n) is 8.37. The van der Waals surface area contributed by atoms with Crippen molar-refractivity contribution in [2.45, 2.75) is 26.9 Å². The SMILES string of the molecule is Cc1cc(-c2ncsc2Cl)c2cccc(OCc3c(F)cnc(C)c3Cc3cc[nH]c(=O)c3C#N)c2n1. The molecule has 0 amide bonds. The summed E-state index contributed by atoms with van der Waals surface area (Å²) in [6, 6.07) is 11.0. The number of rotatable bonds is 6. The number of halogens is 2. The Hall–Kier alpha value is -4.13. The zero-order valence-corrected chi connectivity index (χ0v) is 21.4. The Balaban J connectivity index is 1.54. The zero-order valence-electron chi connectivity index (χ0n) is 19.8. The maximum absolute atomic E-state index is 15.1. The monoisotopic (exact) mass is 531 g/mol. The molecule has 0 bridgehead atoms. The number of hydrogen-bond acceptors (Lipinski definition) is 7. The summed E-state index contributed by atoms with van der Waals surface area (Å²) in [5.74, 6) is -0.0641. The van der Waals surface area contributed by atoms with Crippen LogP contribution in [0.5, 0.6) is 5.75 Å². The normalized spacial score (nSPS) is 11.0. The van der Waals surface area contributed by atoms with Gasteiger partial charge in [-0.1, -0.05) is 23.7 Å². The highest BCUT2D eigenvalue weighted by molar-refractivity contribution is 7.14. The number of H-pyrrole nitrogens is 1. The van der Waals surface area contributed by atoms with E-state index in [1.807, 2.05) is 31.2 Å². The molecule has 0 fully saturated rings. The summed E-state index contributed by atoms with van der Waals surface area (Å²) in [6.45, 7) is 3.53. The Morgan fingerprint density at radius 2 is 2.05 bits per heavy atom. The highest BCUT2D eigenvalue weighted by Crippen LogP contribution is 2.37. The topological polar surface area (TPSA) is 105 Å². The van der Waals surface area contributed by atoms with Gasteiger partial charge in [-0.2, -0.15) is 5.26 Å². The van der Waals surface area contributed by atoms with Crippen LogP contribution >= 0.6 is 22.9 Å². The Morgan fingerprint density at radius 3 is 2.81 bits per heavy atom. The minimum Gasteiger partial charge on any atom is -0.486 e. The third kappa shape index (κ3) is 4.69. The molecule has 0 aliphatic rings. The minimum absolute atomic E-state index is 0.0139. The quantitative estimate of drug-likeness (QED) is 0.293. The average Bonchev–Trinajstić information content (AvgIpc) is 3.31. The number of ether oxygens (including phenoxy) is 1. The summed E-state index contributed by atoms with van der Waals surface area (Å²) >= 11 is 7.72. The number of aryl methyl sites for hydroxylation is 2. The van der Waals surface area contributed by atoms with Crippen molar-refractivity contribution >= 4 is 33.8 Å². The molecule has 10 heteroatoms. The number of benzene rings is 1. The molecule has 0 spiro atoms. The number of fused-ring (bicyclic) bond motifs is 1. The fourth-order valence-electron chi connectivity index (χ4n) is 4.26. The first kappa shape index (κ1) is 24.6. The van der Waals surface area contributed by atoms with Crippen LogP contribution in [-0.4, -0.2) is 19.9 Å². The van der Waals surface area contributed by atoms with E-state index in [0.29, 0.717) is 43.7 Å².